The third-order valence-corrected chi connectivity index (χ3v) is 2.26. The highest BCUT2D eigenvalue weighted by Crippen LogP contribution is 2.12. The third-order valence-electron chi connectivity index (χ3n) is 2.26. The number of carbonyl (C=O) groups excluding carboxylic acids is 2. The largest absolute Gasteiger partial charge is 0.550 e. The molecule has 0 aromatic heterocycles. The summed E-state index contributed by atoms with van der Waals surface area (Å²) in [7, 11) is 0. The van der Waals surface area contributed by atoms with E-state index >= 15 is 0 Å². The number of aliphatic carboxylic acids is 1. The number of carbonyl (C=O) groups is 2. The number of nitrogens with one attached hydrogen (secondary N) is 1. The number of benzene rings is 1. The van der Waals surface area contributed by atoms with Gasteiger partial charge >= 0.3 is 0 Å². The second-order valence-corrected chi connectivity index (χ2v) is 3.73. The number of carboxylic acid groups (broad SMARTS) is 1. The zero-order valence-corrected chi connectivity index (χ0v) is 10.3. The summed E-state index contributed by atoms with van der Waals surface area (Å²) in [6, 6.07) is 7.38. The van der Waals surface area contributed by atoms with Gasteiger partial charge in [0.15, 0.2) is 0 Å². The highest BCUT2D eigenvalue weighted by atomic mass is 16.5. The van der Waals surface area contributed by atoms with Crippen LogP contribution in [0.15, 0.2) is 24.3 Å². The summed E-state index contributed by atoms with van der Waals surface area (Å²) in [6.07, 6.45) is -0.321. The summed E-state index contributed by atoms with van der Waals surface area (Å²) < 4.78 is 5.33. The van der Waals surface area contributed by atoms with Crippen molar-refractivity contribution in [1.29, 1.82) is 0 Å². The minimum atomic E-state index is -1.22. The molecule has 0 heterocycles. The first-order valence-corrected chi connectivity index (χ1v) is 5.80. The summed E-state index contributed by atoms with van der Waals surface area (Å²) in [5, 5.41) is 12.8. The first-order chi connectivity index (χ1) is 8.61. The zero-order chi connectivity index (χ0) is 13.4. The Bertz CT molecular complexity index is 417. The lowest BCUT2D eigenvalue weighted by atomic mass is 10.2. The van der Waals surface area contributed by atoms with Crippen LogP contribution in [0, 0.1) is 0 Å². The molecule has 0 atom stereocenters. The highest BCUT2D eigenvalue weighted by Gasteiger charge is 2.02. The molecule has 1 aromatic rings. The lowest BCUT2D eigenvalue weighted by Crippen LogP contribution is -2.27. The molecule has 0 radical (unpaired) electrons. The smallest absolute Gasteiger partial charge is 0.220 e. The van der Waals surface area contributed by atoms with Crippen molar-refractivity contribution in [2.45, 2.75) is 26.3 Å². The first kappa shape index (κ1) is 14.0. The molecule has 0 bridgehead atoms. The molecule has 1 amide bonds. The molecular weight excluding hydrogens is 234 g/mol. The van der Waals surface area contributed by atoms with Gasteiger partial charge in [0.2, 0.25) is 5.91 Å². The molecule has 1 rings (SSSR count). The lowest BCUT2D eigenvalue weighted by molar-refractivity contribution is -0.305. The molecular formula is C13H16NO4-. The number of amides is 1. The second-order valence-electron chi connectivity index (χ2n) is 3.73. The Morgan fingerprint density at radius 3 is 2.78 bits per heavy atom. The molecule has 5 heteroatoms. The summed E-state index contributed by atoms with van der Waals surface area (Å²) >= 11 is 0. The van der Waals surface area contributed by atoms with E-state index in [0.29, 0.717) is 13.2 Å². The van der Waals surface area contributed by atoms with Crippen LogP contribution < -0.4 is 15.2 Å². The fourth-order valence-corrected chi connectivity index (χ4v) is 1.42. The van der Waals surface area contributed by atoms with Crippen LogP contribution in [0.3, 0.4) is 0 Å². The molecule has 98 valence electrons. The van der Waals surface area contributed by atoms with Crippen LogP contribution in [0.4, 0.5) is 0 Å². The molecule has 0 saturated heterocycles. The van der Waals surface area contributed by atoms with Gasteiger partial charge in [-0.05, 0) is 31.0 Å². The van der Waals surface area contributed by atoms with E-state index in [1.165, 1.54) is 0 Å². The van der Waals surface area contributed by atoms with Crippen molar-refractivity contribution in [3.05, 3.63) is 29.8 Å². The summed E-state index contributed by atoms with van der Waals surface area (Å²) in [4.78, 5) is 21.5. The maximum absolute atomic E-state index is 11.3. The average molecular weight is 250 g/mol. The monoisotopic (exact) mass is 250 g/mol. The Hall–Kier alpha value is -2.04. The lowest BCUT2D eigenvalue weighted by Gasteiger charge is -2.08. The van der Waals surface area contributed by atoms with E-state index < -0.39 is 5.97 Å². The zero-order valence-electron chi connectivity index (χ0n) is 10.3. The minimum absolute atomic E-state index is 0.0620. The molecule has 0 fully saturated rings. The number of carboxylic acids is 1. The van der Waals surface area contributed by atoms with Gasteiger partial charge in [-0.3, -0.25) is 4.79 Å². The molecule has 0 aliphatic carbocycles. The maximum atomic E-state index is 11.3. The Balaban J connectivity index is 2.40. The second kappa shape index (κ2) is 7.32. The van der Waals surface area contributed by atoms with Gasteiger partial charge in [-0.2, -0.15) is 0 Å². The molecule has 0 spiro atoms. The van der Waals surface area contributed by atoms with Crippen LogP contribution in [-0.4, -0.2) is 18.5 Å². The molecule has 1 aromatic carbocycles. The standard InChI is InChI=1S/C13H17NO4/c1-2-18-11-5-3-4-10(8-11)9-14-12(15)6-7-13(16)17/h3-5,8H,2,6-7,9H2,1H3,(H,14,15)(H,16,17)/p-1. The normalized spacial score (nSPS) is 9.83. The summed E-state index contributed by atoms with van der Waals surface area (Å²) in [6.45, 7) is 2.84. The van der Waals surface area contributed by atoms with Crippen LogP contribution in [-0.2, 0) is 16.1 Å². The molecule has 5 nitrogen and oxygen atoms in total. The van der Waals surface area contributed by atoms with Crippen LogP contribution in [0.25, 0.3) is 0 Å². The van der Waals surface area contributed by atoms with E-state index in [2.05, 4.69) is 5.32 Å². The highest BCUT2D eigenvalue weighted by molar-refractivity contribution is 5.79. The summed E-state index contributed by atoms with van der Waals surface area (Å²) in [5.41, 5.74) is 0.905. The molecule has 0 aliphatic heterocycles. The van der Waals surface area contributed by atoms with Crippen molar-refractivity contribution in [1.82, 2.24) is 5.32 Å². The van der Waals surface area contributed by atoms with Gasteiger partial charge in [0.25, 0.3) is 0 Å². The fourth-order valence-electron chi connectivity index (χ4n) is 1.42. The van der Waals surface area contributed by atoms with Crippen molar-refractivity contribution in [2.24, 2.45) is 0 Å². The Morgan fingerprint density at radius 1 is 1.33 bits per heavy atom. The molecule has 0 aliphatic rings. The molecule has 1 N–H and O–H groups in total. The summed E-state index contributed by atoms with van der Waals surface area (Å²) in [5.74, 6) is -0.775. The Kier molecular flexibility index (Phi) is 5.70. The van der Waals surface area contributed by atoms with E-state index in [4.69, 9.17) is 4.74 Å². The van der Waals surface area contributed by atoms with Crippen LogP contribution >= 0.6 is 0 Å². The molecule has 18 heavy (non-hydrogen) atoms. The average Bonchev–Trinajstić information content (AvgIpc) is 2.35. The third kappa shape index (κ3) is 5.34. The number of hydrogen-bond acceptors (Lipinski definition) is 4. The predicted octanol–water partition coefficient (Wildman–Crippen LogP) is 0.232. The SMILES string of the molecule is CCOc1cccc(CNC(=O)CCC(=O)[O-])c1. The number of ether oxygens (including phenoxy) is 1. The van der Waals surface area contributed by atoms with Gasteiger partial charge in [-0.1, -0.05) is 12.1 Å². The van der Waals surface area contributed by atoms with Crippen LogP contribution in [0.1, 0.15) is 25.3 Å². The van der Waals surface area contributed by atoms with E-state index in [9.17, 15) is 14.7 Å². The minimum Gasteiger partial charge on any atom is -0.550 e. The van der Waals surface area contributed by atoms with Crippen molar-refractivity contribution in [2.75, 3.05) is 6.61 Å². The fraction of sp³-hybridized carbons (Fsp3) is 0.385. The van der Waals surface area contributed by atoms with Crippen molar-refractivity contribution >= 4 is 11.9 Å². The van der Waals surface area contributed by atoms with Crippen molar-refractivity contribution in [3.8, 4) is 5.75 Å². The van der Waals surface area contributed by atoms with Gasteiger partial charge in [-0.25, -0.2) is 0 Å². The van der Waals surface area contributed by atoms with Gasteiger partial charge in [-0.15, -0.1) is 0 Å². The van der Waals surface area contributed by atoms with E-state index in [1.54, 1.807) is 0 Å². The Labute approximate surface area is 106 Å². The van der Waals surface area contributed by atoms with E-state index in [0.717, 1.165) is 11.3 Å². The molecule has 0 unspecified atom stereocenters. The first-order valence-electron chi connectivity index (χ1n) is 5.80. The quantitative estimate of drug-likeness (QED) is 0.751. The van der Waals surface area contributed by atoms with Crippen LogP contribution in [0.5, 0.6) is 5.75 Å². The molecule has 0 saturated carbocycles. The van der Waals surface area contributed by atoms with Gasteiger partial charge < -0.3 is 20.0 Å². The van der Waals surface area contributed by atoms with Crippen LogP contribution in [0.2, 0.25) is 0 Å². The van der Waals surface area contributed by atoms with Gasteiger partial charge in [0.1, 0.15) is 5.75 Å². The van der Waals surface area contributed by atoms with Crippen molar-refractivity contribution in [3.63, 3.8) is 0 Å². The van der Waals surface area contributed by atoms with Crippen molar-refractivity contribution < 1.29 is 19.4 Å². The van der Waals surface area contributed by atoms with E-state index in [-0.39, 0.29) is 18.7 Å². The number of rotatable bonds is 7. The number of hydrogen-bond donors (Lipinski definition) is 1. The topological polar surface area (TPSA) is 78.5 Å². The van der Waals surface area contributed by atoms with E-state index in [1.807, 2.05) is 31.2 Å². The van der Waals surface area contributed by atoms with Gasteiger partial charge in [0, 0.05) is 18.9 Å². The van der Waals surface area contributed by atoms with Gasteiger partial charge in [0.05, 0.1) is 6.61 Å². The predicted molar refractivity (Wildman–Crippen MR) is 63.7 cm³/mol. The maximum Gasteiger partial charge on any atom is 0.220 e. The Morgan fingerprint density at radius 2 is 2.11 bits per heavy atom.